The zero-order valence-electron chi connectivity index (χ0n) is 15.6. The Labute approximate surface area is 153 Å². The average molecular weight is 352 g/mol. The van der Waals surface area contributed by atoms with Crippen molar-refractivity contribution in [2.24, 2.45) is 0 Å². The summed E-state index contributed by atoms with van der Waals surface area (Å²) in [7, 11) is 0. The van der Waals surface area contributed by atoms with Crippen LogP contribution in [0.2, 0.25) is 0 Å². The summed E-state index contributed by atoms with van der Waals surface area (Å²) in [6, 6.07) is 9.58. The molecule has 1 amide bonds. The Hall–Kier alpha value is -2.73. The van der Waals surface area contributed by atoms with Crippen molar-refractivity contribution in [1.29, 1.82) is 0 Å². The highest BCUT2D eigenvalue weighted by Crippen LogP contribution is 2.28. The number of hydrogen-bond acceptors (Lipinski definition) is 5. The smallest absolute Gasteiger partial charge is 0.259 e. The van der Waals surface area contributed by atoms with Crippen LogP contribution in [0.15, 0.2) is 34.9 Å². The molecule has 6 nitrogen and oxygen atoms in total. The molecular weight excluding hydrogens is 328 g/mol. The number of amides is 1. The lowest BCUT2D eigenvalue weighted by molar-refractivity contribution is 0.102. The van der Waals surface area contributed by atoms with E-state index in [0.717, 1.165) is 29.2 Å². The lowest BCUT2D eigenvalue weighted by atomic mass is 10.0. The van der Waals surface area contributed by atoms with Crippen LogP contribution >= 0.6 is 0 Å². The molecule has 3 aromatic rings. The molecule has 0 radical (unpaired) electrons. The number of pyridine rings is 1. The highest BCUT2D eigenvalue weighted by atomic mass is 16.5. The van der Waals surface area contributed by atoms with Crippen molar-refractivity contribution in [3.05, 3.63) is 52.8 Å². The van der Waals surface area contributed by atoms with Gasteiger partial charge in [0.25, 0.3) is 11.6 Å². The fourth-order valence-corrected chi connectivity index (χ4v) is 2.92. The van der Waals surface area contributed by atoms with Gasteiger partial charge in [-0.05, 0) is 37.1 Å². The van der Waals surface area contributed by atoms with Gasteiger partial charge in [0.1, 0.15) is 0 Å². The summed E-state index contributed by atoms with van der Waals surface area (Å²) < 4.78 is 5.36. The summed E-state index contributed by atoms with van der Waals surface area (Å²) in [6.45, 7) is 9.49. The first-order chi connectivity index (χ1) is 12.5. The molecule has 2 N–H and O–H groups in total. The second-order valence-corrected chi connectivity index (χ2v) is 6.61. The zero-order chi connectivity index (χ0) is 18.7. The molecule has 0 bridgehead atoms. The molecular formula is C20H24N4O2. The van der Waals surface area contributed by atoms with Crippen molar-refractivity contribution in [3.63, 3.8) is 0 Å². The van der Waals surface area contributed by atoms with Gasteiger partial charge in [-0.1, -0.05) is 44.1 Å². The number of carbonyl (C=O) groups excluding carboxylic acids is 1. The highest BCUT2D eigenvalue weighted by molar-refractivity contribution is 6.12. The number of carbonyl (C=O) groups is 1. The van der Waals surface area contributed by atoms with Gasteiger partial charge in [-0.3, -0.25) is 4.79 Å². The van der Waals surface area contributed by atoms with E-state index in [1.807, 2.05) is 45.0 Å². The largest absolute Gasteiger partial charge is 0.335 e. The minimum absolute atomic E-state index is 0.133. The predicted molar refractivity (Wildman–Crippen MR) is 102 cm³/mol. The van der Waals surface area contributed by atoms with E-state index in [0.29, 0.717) is 23.2 Å². The Balaban J connectivity index is 2.00. The summed E-state index contributed by atoms with van der Waals surface area (Å²) in [5.74, 6) is -0.0529. The SMILES string of the molecule is CCNCc1ccccc1NC(=O)c1cc(C)nc2onc(C(C)C)c12. The first kappa shape index (κ1) is 18.1. The number of fused-ring (bicyclic) bond motifs is 1. The number of para-hydroxylation sites is 1. The van der Waals surface area contributed by atoms with Crippen LogP contribution in [0.3, 0.4) is 0 Å². The fraction of sp³-hybridized carbons (Fsp3) is 0.350. The number of aryl methyl sites for hydroxylation is 1. The monoisotopic (exact) mass is 352 g/mol. The molecule has 0 atom stereocenters. The molecule has 3 rings (SSSR count). The third-order valence-corrected chi connectivity index (χ3v) is 4.22. The maximum Gasteiger partial charge on any atom is 0.259 e. The molecule has 0 aliphatic carbocycles. The van der Waals surface area contributed by atoms with Crippen LogP contribution < -0.4 is 10.6 Å². The van der Waals surface area contributed by atoms with E-state index in [1.54, 1.807) is 6.07 Å². The lowest BCUT2D eigenvalue weighted by Gasteiger charge is -2.12. The maximum absolute atomic E-state index is 13.1. The standard InChI is InChI=1S/C20H24N4O2/c1-5-21-11-14-8-6-7-9-16(14)23-19(25)15-10-13(4)22-20-17(15)18(12(2)3)24-26-20/h6-10,12,21H,5,11H2,1-4H3,(H,23,25). The van der Waals surface area contributed by atoms with Gasteiger partial charge in [-0.25, -0.2) is 4.98 Å². The predicted octanol–water partition coefficient (Wildman–Crippen LogP) is 4.02. The number of anilines is 1. The summed E-state index contributed by atoms with van der Waals surface area (Å²) in [6.07, 6.45) is 0. The molecule has 1 aromatic carbocycles. The van der Waals surface area contributed by atoms with Crippen molar-refractivity contribution in [1.82, 2.24) is 15.5 Å². The second kappa shape index (κ2) is 7.66. The molecule has 2 aromatic heterocycles. The van der Waals surface area contributed by atoms with Gasteiger partial charge in [-0.15, -0.1) is 0 Å². The van der Waals surface area contributed by atoms with Crippen LogP contribution in [0.4, 0.5) is 5.69 Å². The number of benzene rings is 1. The van der Waals surface area contributed by atoms with Crippen LogP contribution in [-0.2, 0) is 6.54 Å². The average Bonchev–Trinajstić information content (AvgIpc) is 3.04. The van der Waals surface area contributed by atoms with E-state index in [9.17, 15) is 4.79 Å². The van der Waals surface area contributed by atoms with Crippen molar-refractivity contribution < 1.29 is 9.32 Å². The van der Waals surface area contributed by atoms with Gasteiger partial charge >= 0.3 is 0 Å². The van der Waals surface area contributed by atoms with E-state index in [2.05, 4.69) is 27.7 Å². The van der Waals surface area contributed by atoms with E-state index in [4.69, 9.17) is 4.52 Å². The van der Waals surface area contributed by atoms with Crippen molar-refractivity contribution in [2.45, 2.75) is 40.2 Å². The third kappa shape index (κ3) is 3.60. The maximum atomic E-state index is 13.1. The van der Waals surface area contributed by atoms with Crippen molar-refractivity contribution in [2.75, 3.05) is 11.9 Å². The summed E-state index contributed by atoms with van der Waals surface area (Å²) >= 11 is 0. The Kier molecular flexibility index (Phi) is 5.32. The first-order valence-corrected chi connectivity index (χ1v) is 8.88. The third-order valence-electron chi connectivity index (χ3n) is 4.22. The molecule has 0 spiro atoms. The topological polar surface area (TPSA) is 80.0 Å². The molecule has 0 fully saturated rings. The van der Waals surface area contributed by atoms with Gasteiger partial charge in [0.2, 0.25) is 0 Å². The van der Waals surface area contributed by atoms with E-state index >= 15 is 0 Å². The molecule has 0 aliphatic heterocycles. The van der Waals surface area contributed by atoms with Crippen LogP contribution in [0.25, 0.3) is 11.1 Å². The number of aromatic nitrogens is 2. The lowest BCUT2D eigenvalue weighted by Crippen LogP contribution is -2.17. The van der Waals surface area contributed by atoms with Crippen LogP contribution in [0.5, 0.6) is 0 Å². The fourth-order valence-electron chi connectivity index (χ4n) is 2.92. The van der Waals surface area contributed by atoms with Gasteiger partial charge in [0.05, 0.1) is 16.6 Å². The van der Waals surface area contributed by atoms with E-state index in [1.165, 1.54) is 0 Å². The molecule has 6 heteroatoms. The highest BCUT2D eigenvalue weighted by Gasteiger charge is 2.21. The van der Waals surface area contributed by atoms with Gasteiger partial charge in [0, 0.05) is 17.9 Å². The number of nitrogens with zero attached hydrogens (tertiary/aromatic N) is 2. The summed E-state index contributed by atoms with van der Waals surface area (Å²) in [4.78, 5) is 17.4. The molecule has 26 heavy (non-hydrogen) atoms. The summed E-state index contributed by atoms with van der Waals surface area (Å²) in [5.41, 5.74) is 4.24. The summed E-state index contributed by atoms with van der Waals surface area (Å²) in [5, 5.41) is 11.1. The van der Waals surface area contributed by atoms with Crippen molar-refractivity contribution in [3.8, 4) is 0 Å². The molecule has 136 valence electrons. The molecule has 0 saturated carbocycles. The molecule has 0 unspecified atom stereocenters. The quantitative estimate of drug-likeness (QED) is 0.700. The van der Waals surface area contributed by atoms with Gasteiger partial charge in [0.15, 0.2) is 0 Å². The van der Waals surface area contributed by atoms with Crippen molar-refractivity contribution >= 4 is 22.7 Å². The number of nitrogens with one attached hydrogen (secondary N) is 2. The normalized spacial score (nSPS) is 11.3. The number of hydrogen-bond donors (Lipinski definition) is 2. The number of rotatable bonds is 6. The van der Waals surface area contributed by atoms with Crippen LogP contribution in [0.1, 0.15) is 54.0 Å². The van der Waals surface area contributed by atoms with E-state index in [-0.39, 0.29) is 11.8 Å². The minimum Gasteiger partial charge on any atom is -0.335 e. The molecule has 0 aliphatic rings. The second-order valence-electron chi connectivity index (χ2n) is 6.61. The molecule has 2 heterocycles. The van der Waals surface area contributed by atoms with Gasteiger partial charge in [-0.2, -0.15) is 0 Å². The Bertz CT molecular complexity index is 931. The minimum atomic E-state index is -0.186. The zero-order valence-corrected chi connectivity index (χ0v) is 15.6. The Morgan fingerprint density at radius 1 is 1.27 bits per heavy atom. The van der Waals surface area contributed by atoms with Gasteiger partial charge < -0.3 is 15.2 Å². The van der Waals surface area contributed by atoms with E-state index < -0.39 is 0 Å². The van der Waals surface area contributed by atoms with Crippen LogP contribution in [0, 0.1) is 6.92 Å². The Morgan fingerprint density at radius 3 is 2.77 bits per heavy atom. The molecule has 0 saturated heterocycles. The Morgan fingerprint density at radius 2 is 2.04 bits per heavy atom. The van der Waals surface area contributed by atoms with Crippen LogP contribution in [-0.4, -0.2) is 22.6 Å². The first-order valence-electron chi connectivity index (χ1n) is 8.88.